The van der Waals surface area contributed by atoms with Gasteiger partial charge in [0.2, 0.25) is 5.91 Å². The fourth-order valence-corrected chi connectivity index (χ4v) is 1.04. The van der Waals surface area contributed by atoms with Crippen molar-refractivity contribution < 1.29 is 19.2 Å². The van der Waals surface area contributed by atoms with E-state index in [1.807, 2.05) is 20.8 Å². The van der Waals surface area contributed by atoms with Gasteiger partial charge in [-0.05, 0) is 27.7 Å². The average molecular weight is 246 g/mol. The normalized spacial score (nSPS) is 12.8. The van der Waals surface area contributed by atoms with E-state index in [0.717, 1.165) is 5.06 Å². The zero-order chi connectivity index (χ0) is 13.6. The number of nitrogens with one attached hydrogen (secondary N) is 1. The highest BCUT2D eigenvalue weighted by molar-refractivity contribution is 5.76. The molecule has 0 unspecified atom stereocenters. The van der Waals surface area contributed by atoms with E-state index in [1.54, 1.807) is 6.92 Å². The third-order valence-electron chi connectivity index (χ3n) is 1.87. The van der Waals surface area contributed by atoms with Crippen LogP contribution in [0.4, 0.5) is 4.79 Å². The molecule has 100 valence electrons. The number of nitrogens with zero attached hydrogens (tertiary/aromatic N) is 1. The first-order valence-corrected chi connectivity index (χ1v) is 5.45. The first-order valence-electron chi connectivity index (χ1n) is 5.45. The molecule has 0 saturated carbocycles. The molecule has 0 aliphatic heterocycles. The number of carbonyl (C=O) groups excluding carboxylic acids is 2. The molecule has 6 heteroatoms. The van der Waals surface area contributed by atoms with Crippen molar-refractivity contribution in [2.24, 2.45) is 0 Å². The number of rotatable bonds is 4. The number of ether oxygens (including phenoxy) is 1. The predicted octanol–water partition coefficient (Wildman–Crippen LogP) is 1.31. The highest BCUT2D eigenvalue weighted by Gasteiger charge is 2.19. The lowest BCUT2D eigenvalue weighted by atomic mass is 10.1. The number of hydroxylamine groups is 2. The van der Waals surface area contributed by atoms with Crippen LogP contribution in [0.25, 0.3) is 0 Å². The minimum atomic E-state index is -0.530. The molecule has 2 amide bonds. The topological polar surface area (TPSA) is 67.9 Å². The standard InChI is InChI=1S/C11H22N2O4/c1-8(7-9(14)13(5)16-6)17-10(15)12-11(2,3)4/h8H,7H2,1-6H3,(H,12,15)/t8-/m1/s1. The molecule has 0 spiro atoms. The van der Waals surface area contributed by atoms with Crippen LogP contribution in [0.2, 0.25) is 0 Å². The van der Waals surface area contributed by atoms with E-state index in [4.69, 9.17) is 9.57 Å². The maximum atomic E-state index is 11.4. The molecule has 0 heterocycles. The fraction of sp³-hybridized carbons (Fsp3) is 0.818. The lowest BCUT2D eigenvalue weighted by Gasteiger charge is -2.22. The van der Waals surface area contributed by atoms with E-state index < -0.39 is 12.2 Å². The van der Waals surface area contributed by atoms with Gasteiger partial charge in [0.15, 0.2) is 0 Å². The van der Waals surface area contributed by atoms with E-state index in [0.29, 0.717) is 0 Å². The van der Waals surface area contributed by atoms with Gasteiger partial charge in [0.05, 0.1) is 13.5 Å². The Morgan fingerprint density at radius 2 is 1.88 bits per heavy atom. The van der Waals surface area contributed by atoms with Crippen LogP contribution in [0.5, 0.6) is 0 Å². The fourth-order valence-electron chi connectivity index (χ4n) is 1.04. The molecule has 0 radical (unpaired) electrons. The zero-order valence-electron chi connectivity index (χ0n) is 11.4. The van der Waals surface area contributed by atoms with Gasteiger partial charge in [0.1, 0.15) is 6.10 Å². The van der Waals surface area contributed by atoms with Gasteiger partial charge in [0.25, 0.3) is 0 Å². The van der Waals surface area contributed by atoms with Gasteiger partial charge in [-0.3, -0.25) is 9.63 Å². The SMILES string of the molecule is CON(C)C(=O)C[C@@H](C)OC(=O)NC(C)(C)C. The second-order valence-electron chi connectivity index (χ2n) is 4.87. The Kier molecular flexibility index (Phi) is 5.95. The molecule has 0 aromatic rings. The van der Waals surface area contributed by atoms with E-state index in [9.17, 15) is 9.59 Å². The summed E-state index contributed by atoms with van der Waals surface area (Å²) in [7, 11) is 2.90. The third kappa shape index (κ3) is 7.57. The maximum absolute atomic E-state index is 11.4. The molecular formula is C11H22N2O4. The summed E-state index contributed by atoms with van der Waals surface area (Å²) >= 11 is 0. The van der Waals surface area contributed by atoms with E-state index in [2.05, 4.69) is 5.32 Å². The number of carbonyl (C=O) groups is 2. The Labute approximate surface area is 102 Å². The smallest absolute Gasteiger partial charge is 0.407 e. The summed E-state index contributed by atoms with van der Waals surface area (Å²) in [5.41, 5.74) is -0.357. The molecule has 0 rings (SSSR count). The summed E-state index contributed by atoms with van der Waals surface area (Å²) in [6.45, 7) is 7.21. The molecule has 0 aliphatic rings. The average Bonchev–Trinajstić information content (AvgIpc) is 2.12. The van der Waals surface area contributed by atoms with E-state index in [-0.39, 0.29) is 17.9 Å². The van der Waals surface area contributed by atoms with Gasteiger partial charge in [-0.15, -0.1) is 0 Å². The Balaban J connectivity index is 4.06. The summed E-state index contributed by atoms with van der Waals surface area (Å²) in [6, 6.07) is 0. The Morgan fingerprint density at radius 3 is 2.29 bits per heavy atom. The van der Waals surface area contributed by atoms with Crippen LogP contribution < -0.4 is 5.32 Å². The van der Waals surface area contributed by atoms with Gasteiger partial charge < -0.3 is 10.1 Å². The largest absolute Gasteiger partial charge is 0.446 e. The second kappa shape index (κ2) is 6.44. The van der Waals surface area contributed by atoms with Crippen LogP contribution in [-0.4, -0.2) is 42.9 Å². The summed E-state index contributed by atoms with van der Waals surface area (Å²) in [6.07, 6.45) is -0.942. The van der Waals surface area contributed by atoms with E-state index >= 15 is 0 Å². The number of alkyl carbamates (subject to hydrolysis) is 1. The van der Waals surface area contributed by atoms with Crippen molar-refractivity contribution in [3.63, 3.8) is 0 Å². The quantitative estimate of drug-likeness (QED) is 0.759. The zero-order valence-corrected chi connectivity index (χ0v) is 11.4. The molecule has 1 atom stereocenters. The van der Waals surface area contributed by atoms with Gasteiger partial charge in [-0.1, -0.05) is 0 Å². The molecule has 0 saturated heterocycles. The minimum absolute atomic E-state index is 0.0852. The van der Waals surface area contributed by atoms with Crippen LogP contribution in [0, 0.1) is 0 Å². The maximum Gasteiger partial charge on any atom is 0.407 e. The molecule has 6 nitrogen and oxygen atoms in total. The van der Waals surface area contributed by atoms with Gasteiger partial charge in [-0.25, -0.2) is 9.86 Å². The first kappa shape index (κ1) is 15.7. The first-order chi connectivity index (χ1) is 7.65. The van der Waals surface area contributed by atoms with Crippen LogP contribution in [0.3, 0.4) is 0 Å². The molecule has 0 aliphatic carbocycles. The van der Waals surface area contributed by atoms with Crippen molar-refractivity contribution in [3.8, 4) is 0 Å². The van der Waals surface area contributed by atoms with Crippen molar-refractivity contribution in [3.05, 3.63) is 0 Å². The van der Waals surface area contributed by atoms with E-state index in [1.165, 1.54) is 14.2 Å². The van der Waals surface area contributed by atoms with Crippen LogP contribution in [0.15, 0.2) is 0 Å². The summed E-state index contributed by atoms with van der Waals surface area (Å²) < 4.78 is 5.04. The highest BCUT2D eigenvalue weighted by Crippen LogP contribution is 2.04. The monoisotopic (exact) mass is 246 g/mol. The van der Waals surface area contributed by atoms with Crippen molar-refractivity contribution in [2.45, 2.75) is 45.8 Å². The summed E-state index contributed by atoms with van der Waals surface area (Å²) in [5.74, 6) is -0.247. The molecular weight excluding hydrogens is 224 g/mol. The highest BCUT2D eigenvalue weighted by atomic mass is 16.7. The number of hydrogen-bond acceptors (Lipinski definition) is 4. The minimum Gasteiger partial charge on any atom is -0.446 e. The molecule has 17 heavy (non-hydrogen) atoms. The molecule has 0 bridgehead atoms. The van der Waals surface area contributed by atoms with Crippen molar-refractivity contribution in [1.29, 1.82) is 0 Å². The second-order valence-corrected chi connectivity index (χ2v) is 4.87. The number of amides is 2. The molecule has 1 N–H and O–H groups in total. The Morgan fingerprint density at radius 1 is 1.35 bits per heavy atom. The lowest BCUT2D eigenvalue weighted by Crippen LogP contribution is -2.42. The third-order valence-corrected chi connectivity index (χ3v) is 1.87. The predicted molar refractivity (Wildman–Crippen MR) is 63.2 cm³/mol. The van der Waals surface area contributed by atoms with Gasteiger partial charge >= 0.3 is 6.09 Å². The van der Waals surface area contributed by atoms with Crippen LogP contribution in [0.1, 0.15) is 34.1 Å². The number of hydrogen-bond donors (Lipinski definition) is 1. The van der Waals surface area contributed by atoms with Crippen molar-refractivity contribution in [2.75, 3.05) is 14.2 Å². The molecule has 0 aromatic heterocycles. The van der Waals surface area contributed by atoms with Gasteiger partial charge in [-0.2, -0.15) is 0 Å². The molecule has 0 aromatic carbocycles. The van der Waals surface area contributed by atoms with Crippen LogP contribution in [-0.2, 0) is 14.4 Å². The summed E-state index contributed by atoms with van der Waals surface area (Å²) in [4.78, 5) is 27.6. The van der Waals surface area contributed by atoms with Crippen molar-refractivity contribution in [1.82, 2.24) is 10.4 Å². The summed E-state index contributed by atoms with van der Waals surface area (Å²) in [5, 5.41) is 3.75. The Bertz CT molecular complexity index is 273. The van der Waals surface area contributed by atoms with Crippen LogP contribution >= 0.6 is 0 Å². The van der Waals surface area contributed by atoms with Crippen molar-refractivity contribution >= 4 is 12.0 Å². The molecule has 0 fully saturated rings. The lowest BCUT2D eigenvalue weighted by molar-refractivity contribution is -0.170. The Hall–Kier alpha value is -1.30. The van der Waals surface area contributed by atoms with Gasteiger partial charge in [0, 0.05) is 12.6 Å².